The second-order valence-electron chi connectivity index (χ2n) is 5.37. The lowest BCUT2D eigenvalue weighted by molar-refractivity contribution is -0.123. The van der Waals surface area contributed by atoms with Crippen molar-refractivity contribution in [3.8, 4) is 0 Å². The Kier molecular flexibility index (Phi) is 6.60. The molecule has 1 aliphatic rings. The Hall–Kier alpha value is -0.650. The van der Waals surface area contributed by atoms with Crippen LogP contribution in [0.1, 0.15) is 26.7 Å². The van der Waals surface area contributed by atoms with E-state index >= 15 is 0 Å². The third-order valence-corrected chi connectivity index (χ3v) is 3.70. The van der Waals surface area contributed by atoms with E-state index in [1.54, 1.807) is 7.11 Å². The molecule has 1 heterocycles. The summed E-state index contributed by atoms with van der Waals surface area (Å²) in [6.45, 7) is 7.63. The Morgan fingerprint density at radius 2 is 2.11 bits per heavy atom. The largest absolute Gasteiger partial charge is 0.383 e. The van der Waals surface area contributed by atoms with E-state index in [-0.39, 0.29) is 12.5 Å². The molecule has 18 heavy (non-hydrogen) atoms. The van der Waals surface area contributed by atoms with Crippen LogP contribution in [0.4, 0.5) is 0 Å². The fourth-order valence-electron chi connectivity index (χ4n) is 2.23. The van der Waals surface area contributed by atoms with Gasteiger partial charge in [0.25, 0.3) is 0 Å². The van der Waals surface area contributed by atoms with Gasteiger partial charge in [-0.05, 0) is 38.8 Å². The van der Waals surface area contributed by atoms with Gasteiger partial charge in [0.05, 0.1) is 6.61 Å². The van der Waals surface area contributed by atoms with Gasteiger partial charge >= 0.3 is 0 Å². The molecule has 0 aromatic carbocycles. The lowest BCUT2D eigenvalue weighted by Gasteiger charge is -2.35. The molecule has 0 spiro atoms. The van der Waals surface area contributed by atoms with E-state index in [0.717, 1.165) is 19.0 Å². The van der Waals surface area contributed by atoms with Gasteiger partial charge in [-0.15, -0.1) is 0 Å². The first-order valence-corrected chi connectivity index (χ1v) is 6.80. The summed E-state index contributed by atoms with van der Waals surface area (Å²) in [6.07, 6.45) is 2.50. The minimum atomic E-state index is -0.566. The number of amides is 1. The summed E-state index contributed by atoms with van der Waals surface area (Å²) in [5.41, 5.74) is 5.66. The van der Waals surface area contributed by atoms with Crippen molar-refractivity contribution in [2.45, 2.75) is 38.8 Å². The average molecular weight is 257 g/mol. The second-order valence-corrected chi connectivity index (χ2v) is 5.37. The molecule has 2 atom stereocenters. The van der Waals surface area contributed by atoms with Gasteiger partial charge in [0.2, 0.25) is 5.91 Å². The van der Waals surface area contributed by atoms with E-state index in [4.69, 9.17) is 10.5 Å². The molecule has 5 nitrogen and oxygen atoms in total. The molecule has 1 rings (SSSR count). The second kappa shape index (κ2) is 7.71. The highest BCUT2D eigenvalue weighted by atomic mass is 16.5. The number of nitrogens with zero attached hydrogens (tertiary/aromatic N) is 1. The van der Waals surface area contributed by atoms with Gasteiger partial charge in [0.1, 0.15) is 6.04 Å². The summed E-state index contributed by atoms with van der Waals surface area (Å²) in [6, 6.07) is -0.195. The number of hydrogen-bond acceptors (Lipinski definition) is 4. The monoisotopic (exact) mass is 257 g/mol. The molecule has 5 heteroatoms. The highest BCUT2D eigenvalue weighted by molar-refractivity contribution is 5.81. The zero-order valence-corrected chi connectivity index (χ0v) is 11.8. The van der Waals surface area contributed by atoms with Crippen LogP contribution in [0.2, 0.25) is 0 Å². The number of carbonyl (C=O) groups excluding carboxylic acids is 1. The molecule has 1 saturated heterocycles. The highest BCUT2D eigenvalue weighted by Crippen LogP contribution is 2.17. The predicted molar refractivity (Wildman–Crippen MR) is 72.3 cm³/mol. The van der Waals surface area contributed by atoms with E-state index < -0.39 is 6.04 Å². The van der Waals surface area contributed by atoms with E-state index in [9.17, 15) is 4.79 Å². The molecular weight excluding hydrogens is 230 g/mol. The molecule has 2 unspecified atom stereocenters. The lowest BCUT2D eigenvalue weighted by Crippen LogP contribution is -2.49. The quantitative estimate of drug-likeness (QED) is 0.713. The maximum atomic E-state index is 11.6. The van der Waals surface area contributed by atoms with Gasteiger partial charge in [-0.3, -0.25) is 9.69 Å². The van der Waals surface area contributed by atoms with Crippen molar-refractivity contribution < 1.29 is 9.53 Å². The van der Waals surface area contributed by atoms with Crippen molar-refractivity contribution >= 4 is 5.91 Å². The lowest BCUT2D eigenvalue weighted by atomic mass is 9.98. The summed E-state index contributed by atoms with van der Waals surface area (Å²) in [4.78, 5) is 14.1. The molecular formula is C13H27N3O2. The van der Waals surface area contributed by atoms with Crippen molar-refractivity contribution in [2.24, 2.45) is 11.7 Å². The van der Waals surface area contributed by atoms with E-state index in [0.29, 0.717) is 12.6 Å². The molecule has 0 saturated carbocycles. The average Bonchev–Trinajstić information content (AvgIpc) is 2.36. The van der Waals surface area contributed by atoms with Gasteiger partial charge in [-0.1, -0.05) is 6.92 Å². The van der Waals surface area contributed by atoms with Gasteiger partial charge in [0.15, 0.2) is 0 Å². The van der Waals surface area contributed by atoms with Crippen LogP contribution in [0.15, 0.2) is 0 Å². The van der Waals surface area contributed by atoms with Gasteiger partial charge in [-0.2, -0.15) is 0 Å². The van der Waals surface area contributed by atoms with Crippen LogP contribution < -0.4 is 11.1 Å². The highest BCUT2D eigenvalue weighted by Gasteiger charge is 2.21. The number of nitrogens with one attached hydrogen (secondary N) is 1. The normalized spacial score (nSPS) is 21.6. The number of methoxy groups -OCH3 is 1. The number of carbonyl (C=O) groups is 1. The summed E-state index contributed by atoms with van der Waals surface area (Å²) < 4.78 is 4.86. The number of rotatable bonds is 6. The zero-order valence-electron chi connectivity index (χ0n) is 11.8. The van der Waals surface area contributed by atoms with Gasteiger partial charge in [-0.25, -0.2) is 0 Å². The third kappa shape index (κ3) is 4.92. The molecule has 0 aliphatic carbocycles. The number of nitrogens with two attached hydrogens (primary N) is 1. The predicted octanol–water partition coefficient (Wildman–Crippen LogP) is 0.197. The first-order chi connectivity index (χ1) is 8.54. The SMILES string of the molecule is COCC(N)C(=O)NCC(C)N1CCC(C)CC1. The van der Waals surface area contributed by atoms with Crippen molar-refractivity contribution in [3.05, 3.63) is 0 Å². The third-order valence-electron chi connectivity index (χ3n) is 3.70. The Labute approximate surface area is 110 Å². The summed E-state index contributed by atoms with van der Waals surface area (Å²) in [5, 5.41) is 2.89. The van der Waals surface area contributed by atoms with Crippen LogP contribution in [-0.2, 0) is 9.53 Å². The summed E-state index contributed by atoms with van der Waals surface area (Å²) in [7, 11) is 1.55. The van der Waals surface area contributed by atoms with E-state index in [1.165, 1.54) is 12.8 Å². The van der Waals surface area contributed by atoms with Crippen LogP contribution in [0.25, 0.3) is 0 Å². The first kappa shape index (κ1) is 15.4. The molecule has 0 bridgehead atoms. The van der Waals surface area contributed by atoms with Crippen LogP contribution in [0.5, 0.6) is 0 Å². The molecule has 3 N–H and O–H groups in total. The maximum absolute atomic E-state index is 11.6. The molecule has 1 fully saturated rings. The topological polar surface area (TPSA) is 67.6 Å². The number of piperidine rings is 1. The van der Waals surface area contributed by atoms with Crippen LogP contribution in [0, 0.1) is 5.92 Å². The van der Waals surface area contributed by atoms with Crippen LogP contribution in [0.3, 0.4) is 0 Å². The van der Waals surface area contributed by atoms with E-state index in [2.05, 4.69) is 24.1 Å². The van der Waals surface area contributed by atoms with Crippen LogP contribution in [-0.4, -0.2) is 56.2 Å². The fourth-order valence-corrected chi connectivity index (χ4v) is 2.23. The Bertz CT molecular complexity index is 253. The Balaban J connectivity index is 2.24. The molecule has 1 aliphatic heterocycles. The summed E-state index contributed by atoms with van der Waals surface area (Å²) in [5.74, 6) is 0.701. The van der Waals surface area contributed by atoms with Crippen molar-refractivity contribution in [1.82, 2.24) is 10.2 Å². The summed E-state index contributed by atoms with van der Waals surface area (Å²) >= 11 is 0. The fraction of sp³-hybridized carbons (Fsp3) is 0.923. The molecule has 0 aromatic heterocycles. The standard InChI is InChI=1S/C13H27N3O2/c1-10-4-6-16(7-5-10)11(2)8-15-13(17)12(14)9-18-3/h10-12H,4-9,14H2,1-3H3,(H,15,17). The molecule has 1 amide bonds. The van der Waals surface area contributed by atoms with Gasteiger partial charge < -0.3 is 15.8 Å². The number of ether oxygens (including phenoxy) is 1. The van der Waals surface area contributed by atoms with E-state index in [1.807, 2.05) is 0 Å². The van der Waals surface area contributed by atoms with Crippen molar-refractivity contribution in [2.75, 3.05) is 33.4 Å². The zero-order chi connectivity index (χ0) is 13.5. The molecule has 106 valence electrons. The smallest absolute Gasteiger partial charge is 0.239 e. The number of hydrogen-bond donors (Lipinski definition) is 2. The van der Waals surface area contributed by atoms with Crippen molar-refractivity contribution in [3.63, 3.8) is 0 Å². The van der Waals surface area contributed by atoms with Crippen molar-refractivity contribution in [1.29, 1.82) is 0 Å². The first-order valence-electron chi connectivity index (χ1n) is 6.80. The number of likely N-dealkylation sites (tertiary alicyclic amines) is 1. The minimum absolute atomic E-state index is 0.130. The molecule has 0 radical (unpaired) electrons. The Morgan fingerprint density at radius 1 is 1.50 bits per heavy atom. The van der Waals surface area contributed by atoms with Gasteiger partial charge in [0, 0.05) is 19.7 Å². The Morgan fingerprint density at radius 3 is 2.67 bits per heavy atom. The van der Waals surface area contributed by atoms with Crippen LogP contribution >= 0.6 is 0 Å². The molecule has 0 aromatic rings. The minimum Gasteiger partial charge on any atom is -0.383 e. The maximum Gasteiger partial charge on any atom is 0.239 e.